The lowest BCUT2D eigenvalue weighted by molar-refractivity contribution is 0.0107. The topological polar surface area (TPSA) is 24.5 Å². The van der Waals surface area contributed by atoms with Crippen LogP contribution in [0.25, 0.3) is 0 Å². The van der Waals surface area contributed by atoms with Gasteiger partial charge in [0, 0.05) is 23.8 Å². The molecule has 1 aliphatic heterocycles. The first-order valence-electron chi connectivity index (χ1n) is 16.0. The molecule has 2 atom stereocenters. The quantitative estimate of drug-likeness (QED) is 0.297. The van der Waals surface area contributed by atoms with Gasteiger partial charge in [0.05, 0.1) is 13.2 Å². The second-order valence-corrected chi connectivity index (χ2v) is 13.6. The van der Waals surface area contributed by atoms with Crippen molar-refractivity contribution in [3.05, 3.63) is 95.1 Å². The van der Waals surface area contributed by atoms with Gasteiger partial charge in [-0.05, 0) is 116 Å². The molecule has 1 N–H and O–H groups in total. The zero-order valence-corrected chi connectivity index (χ0v) is 24.4. The van der Waals surface area contributed by atoms with E-state index in [0.29, 0.717) is 11.6 Å². The van der Waals surface area contributed by atoms with Crippen molar-refractivity contribution in [2.24, 2.45) is 17.8 Å². The van der Waals surface area contributed by atoms with Crippen molar-refractivity contribution < 1.29 is 4.74 Å². The lowest BCUT2D eigenvalue weighted by Gasteiger charge is -2.57. The summed E-state index contributed by atoms with van der Waals surface area (Å²) in [6.45, 7) is 3.28. The molecule has 0 aromatic heterocycles. The zero-order valence-electron chi connectivity index (χ0n) is 24.4. The molecular formula is C37H46N2O. The second kappa shape index (κ2) is 10.9. The Hall–Kier alpha value is -2.78. The fraction of sp³-hybridized carbons (Fsp3) is 0.514. The number of ether oxygens (including phenoxy) is 1. The first kappa shape index (κ1) is 26.1. The monoisotopic (exact) mass is 534 g/mol. The van der Waals surface area contributed by atoms with Gasteiger partial charge in [-0.15, -0.1) is 0 Å². The average Bonchev–Trinajstić information content (AvgIpc) is 2.96. The molecule has 4 bridgehead atoms. The third kappa shape index (κ3) is 5.07. The van der Waals surface area contributed by atoms with Gasteiger partial charge in [-0.1, -0.05) is 68.3 Å². The van der Waals surface area contributed by atoms with Crippen LogP contribution < -0.4 is 10.1 Å². The van der Waals surface area contributed by atoms with Gasteiger partial charge in [-0.2, -0.15) is 0 Å². The van der Waals surface area contributed by atoms with Gasteiger partial charge < -0.3 is 10.1 Å². The van der Waals surface area contributed by atoms with Crippen LogP contribution in [0.2, 0.25) is 0 Å². The summed E-state index contributed by atoms with van der Waals surface area (Å²) in [5, 5.41) is 4.11. The Balaban J connectivity index is 1.21. The first-order valence-corrected chi connectivity index (χ1v) is 16.0. The Labute approximate surface area is 241 Å². The van der Waals surface area contributed by atoms with Crippen LogP contribution in [-0.2, 0) is 13.0 Å². The van der Waals surface area contributed by atoms with Crippen molar-refractivity contribution in [1.29, 1.82) is 0 Å². The molecule has 3 aromatic rings. The lowest BCUT2D eigenvalue weighted by atomic mass is 9.53. The molecule has 3 nitrogen and oxygen atoms in total. The van der Waals surface area contributed by atoms with E-state index in [0.717, 1.165) is 36.5 Å². The van der Waals surface area contributed by atoms with Gasteiger partial charge >= 0.3 is 0 Å². The van der Waals surface area contributed by atoms with Crippen molar-refractivity contribution in [2.75, 3.05) is 12.4 Å². The fourth-order valence-corrected chi connectivity index (χ4v) is 9.33. The normalized spacial score (nSPS) is 30.7. The molecule has 3 aromatic carbocycles. The van der Waals surface area contributed by atoms with E-state index in [1.54, 1.807) is 7.11 Å². The van der Waals surface area contributed by atoms with E-state index in [2.05, 4.69) is 89.9 Å². The maximum atomic E-state index is 5.67. The molecule has 5 aliphatic rings. The van der Waals surface area contributed by atoms with Crippen molar-refractivity contribution in [3.63, 3.8) is 0 Å². The van der Waals surface area contributed by atoms with Crippen LogP contribution in [0.4, 0.5) is 5.69 Å². The maximum absolute atomic E-state index is 5.67. The second-order valence-electron chi connectivity index (χ2n) is 13.6. The minimum absolute atomic E-state index is 0.241. The Morgan fingerprint density at radius 2 is 1.57 bits per heavy atom. The maximum Gasteiger partial charge on any atom is 0.119 e. The number of rotatable bonds is 9. The molecule has 40 heavy (non-hydrogen) atoms. The molecule has 0 spiro atoms. The van der Waals surface area contributed by atoms with Gasteiger partial charge in [0.25, 0.3) is 0 Å². The molecule has 210 valence electrons. The summed E-state index contributed by atoms with van der Waals surface area (Å²) in [6.07, 6.45) is 13.4. The standard InChI is InChI=1S/C37H46N2O/c1-3-4-10-33-20-31-21-34(40-2)15-16-35(31)36(39(33)25-26-8-6-5-7-9-26)30-11-13-32(14-12-30)38-37-22-27-17-28(23-37)19-29(18-27)24-37/h5-9,11-16,21,27-29,33,36,38H,3-4,10,17-20,22-25H2,1-2H3/t27?,28?,29?,33-,36?,37?/m0/s1. The average molecular weight is 535 g/mol. The Kier molecular flexibility index (Phi) is 7.12. The van der Waals surface area contributed by atoms with Gasteiger partial charge in [-0.3, -0.25) is 4.90 Å². The SMILES string of the molecule is CCCC[C@H]1Cc2cc(OC)ccc2C(c2ccc(NC34CC5CC(CC(C5)C3)C4)cc2)N1Cc1ccccc1. The fourth-order valence-electron chi connectivity index (χ4n) is 9.33. The van der Waals surface area contributed by atoms with E-state index in [1.807, 2.05) is 0 Å². The van der Waals surface area contributed by atoms with E-state index >= 15 is 0 Å². The minimum Gasteiger partial charge on any atom is -0.497 e. The summed E-state index contributed by atoms with van der Waals surface area (Å²) in [5.74, 6) is 3.85. The number of hydrogen-bond donors (Lipinski definition) is 1. The molecule has 4 aliphatic carbocycles. The molecule has 8 rings (SSSR count). The lowest BCUT2D eigenvalue weighted by Crippen LogP contribution is -2.54. The number of nitrogens with zero attached hydrogens (tertiary/aromatic N) is 1. The number of benzene rings is 3. The summed E-state index contributed by atoms with van der Waals surface area (Å²) in [7, 11) is 1.79. The van der Waals surface area contributed by atoms with E-state index in [9.17, 15) is 0 Å². The van der Waals surface area contributed by atoms with E-state index in [1.165, 1.54) is 85.7 Å². The Morgan fingerprint density at radius 1 is 0.875 bits per heavy atom. The van der Waals surface area contributed by atoms with Crippen LogP contribution in [0, 0.1) is 17.8 Å². The number of hydrogen-bond acceptors (Lipinski definition) is 3. The van der Waals surface area contributed by atoms with Crippen molar-refractivity contribution in [3.8, 4) is 5.75 Å². The van der Waals surface area contributed by atoms with Crippen LogP contribution >= 0.6 is 0 Å². The largest absolute Gasteiger partial charge is 0.497 e. The number of methoxy groups -OCH3 is 1. The molecule has 4 saturated carbocycles. The highest BCUT2D eigenvalue weighted by molar-refractivity contribution is 5.51. The Morgan fingerprint density at radius 3 is 2.23 bits per heavy atom. The number of unbranched alkanes of at least 4 members (excludes halogenated alkanes) is 1. The highest BCUT2D eigenvalue weighted by Crippen LogP contribution is 2.56. The summed E-state index contributed by atoms with van der Waals surface area (Å²) in [5.41, 5.74) is 7.34. The van der Waals surface area contributed by atoms with E-state index in [4.69, 9.17) is 4.74 Å². The van der Waals surface area contributed by atoms with Crippen LogP contribution in [0.1, 0.15) is 93.0 Å². The number of anilines is 1. The summed E-state index contributed by atoms with van der Waals surface area (Å²) in [6, 6.07) is 28.2. The zero-order chi connectivity index (χ0) is 27.1. The molecule has 4 fully saturated rings. The van der Waals surface area contributed by atoms with Gasteiger partial charge in [0.2, 0.25) is 0 Å². The van der Waals surface area contributed by atoms with Crippen molar-refractivity contribution in [2.45, 2.75) is 95.3 Å². The smallest absolute Gasteiger partial charge is 0.119 e. The summed E-state index contributed by atoms with van der Waals surface area (Å²) < 4.78 is 5.67. The van der Waals surface area contributed by atoms with Crippen LogP contribution in [-0.4, -0.2) is 23.6 Å². The first-order chi connectivity index (χ1) is 19.6. The van der Waals surface area contributed by atoms with Gasteiger partial charge in [-0.25, -0.2) is 0 Å². The van der Waals surface area contributed by atoms with Gasteiger partial charge in [0.1, 0.15) is 5.75 Å². The highest BCUT2D eigenvalue weighted by atomic mass is 16.5. The number of nitrogens with one attached hydrogen (secondary N) is 1. The predicted molar refractivity (Wildman–Crippen MR) is 165 cm³/mol. The minimum atomic E-state index is 0.241. The molecule has 1 heterocycles. The predicted octanol–water partition coefficient (Wildman–Crippen LogP) is 8.78. The Bertz CT molecular complexity index is 1260. The highest BCUT2D eigenvalue weighted by Gasteiger charge is 2.50. The van der Waals surface area contributed by atoms with Crippen LogP contribution in [0.5, 0.6) is 5.75 Å². The van der Waals surface area contributed by atoms with Gasteiger partial charge in [0.15, 0.2) is 0 Å². The van der Waals surface area contributed by atoms with Crippen LogP contribution in [0.15, 0.2) is 72.8 Å². The molecule has 0 amide bonds. The third-order valence-corrected chi connectivity index (χ3v) is 10.7. The van der Waals surface area contributed by atoms with Crippen molar-refractivity contribution in [1.82, 2.24) is 4.90 Å². The molecular weight excluding hydrogens is 488 g/mol. The summed E-state index contributed by atoms with van der Waals surface area (Å²) >= 11 is 0. The third-order valence-electron chi connectivity index (χ3n) is 10.7. The molecule has 3 heteroatoms. The van der Waals surface area contributed by atoms with Crippen molar-refractivity contribution >= 4 is 5.69 Å². The molecule has 0 saturated heterocycles. The molecule has 1 unspecified atom stereocenters. The van der Waals surface area contributed by atoms with E-state index in [-0.39, 0.29) is 6.04 Å². The number of fused-ring (bicyclic) bond motifs is 1. The summed E-state index contributed by atoms with van der Waals surface area (Å²) in [4.78, 5) is 2.79. The van der Waals surface area contributed by atoms with Crippen LogP contribution in [0.3, 0.4) is 0 Å². The molecule has 0 radical (unpaired) electrons. The van der Waals surface area contributed by atoms with E-state index < -0.39 is 0 Å².